The summed E-state index contributed by atoms with van der Waals surface area (Å²) in [5.74, 6) is 0.362. The number of fused-ring (bicyclic) bond motifs is 9. The minimum Gasteiger partial charge on any atom is -0.504 e. The molecule has 54 heavy (non-hydrogen) atoms. The number of nitrogens with zero attached hydrogens (tertiary/aromatic N) is 2. The molecule has 4 aliphatic heterocycles. The second kappa shape index (κ2) is 15.5. The highest BCUT2D eigenvalue weighted by molar-refractivity contribution is 7.99. The fourth-order valence-electron chi connectivity index (χ4n) is 8.75. The van der Waals surface area contributed by atoms with Crippen LogP contribution in [0.3, 0.4) is 0 Å². The summed E-state index contributed by atoms with van der Waals surface area (Å²) in [6.45, 7) is 12.0. The Morgan fingerprint density at radius 1 is 1.07 bits per heavy atom. The SMILES string of the molecule is COc1c(C)cc2c(c1O)[C@H]1C3[C@H](SC[C@@H](C)NC(=O)C(NC(C)=O)C(C)C)c4c(OC(C)=O)c(C)c5c(c4[C@H](COC=O)N3[C@@H](O)[C@H](C2)N1C)OCO5. The van der Waals surface area contributed by atoms with Crippen molar-refractivity contribution in [2.75, 3.05) is 33.3 Å². The molecule has 0 aromatic heterocycles. The Bertz CT molecular complexity index is 1840. The van der Waals surface area contributed by atoms with E-state index in [1.54, 1.807) is 6.92 Å². The summed E-state index contributed by atoms with van der Waals surface area (Å²) in [6.07, 6.45) is -0.682. The summed E-state index contributed by atoms with van der Waals surface area (Å²) in [5, 5.41) is 29.6. The Balaban J connectivity index is 1.56. The molecule has 0 saturated carbocycles. The number of carbonyl (C=O) groups is 4. The zero-order chi connectivity index (χ0) is 39.3. The van der Waals surface area contributed by atoms with Crippen molar-refractivity contribution in [1.29, 1.82) is 0 Å². The topological polar surface area (TPSA) is 185 Å². The third kappa shape index (κ3) is 6.71. The van der Waals surface area contributed by atoms with Crippen LogP contribution in [0.5, 0.6) is 28.7 Å². The number of piperazine rings is 1. The maximum atomic E-state index is 13.4. The predicted octanol–water partition coefficient (Wildman–Crippen LogP) is 2.94. The van der Waals surface area contributed by atoms with Crippen molar-refractivity contribution in [2.45, 2.75) is 103 Å². The summed E-state index contributed by atoms with van der Waals surface area (Å²) >= 11 is 1.48. The van der Waals surface area contributed by atoms with Gasteiger partial charge in [0, 0.05) is 53.9 Å². The van der Waals surface area contributed by atoms with E-state index in [0.717, 1.165) is 11.1 Å². The highest BCUT2D eigenvalue weighted by Gasteiger charge is 2.60. The Morgan fingerprint density at radius 2 is 1.78 bits per heavy atom. The molecule has 4 N–H and O–H groups in total. The van der Waals surface area contributed by atoms with E-state index < -0.39 is 53.7 Å². The lowest BCUT2D eigenvalue weighted by Crippen LogP contribution is -2.69. The van der Waals surface area contributed by atoms with Crippen LogP contribution in [-0.4, -0.2) is 108 Å². The van der Waals surface area contributed by atoms with Crippen LogP contribution >= 0.6 is 11.8 Å². The lowest BCUT2D eigenvalue weighted by molar-refractivity contribution is -0.181. The number of aryl methyl sites for hydroxylation is 1. The number of amides is 2. The van der Waals surface area contributed by atoms with Gasteiger partial charge >= 0.3 is 5.97 Å². The fourth-order valence-corrected chi connectivity index (χ4v) is 10.2. The number of thioether (sulfide) groups is 1. The van der Waals surface area contributed by atoms with Crippen LogP contribution in [-0.2, 0) is 30.3 Å². The quantitative estimate of drug-likeness (QED) is 0.140. The number of ether oxygens (including phenoxy) is 5. The molecule has 1 fully saturated rings. The molecule has 4 heterocycles. The van der Waals surface area contributed by atoms with Gasteiger partial charge in [-0.3, -0.25) is 29.0 Å². The number of likely N-dealkylation sites (N-methyl/N-ethyl adjacent to an activating group) is 1. The second-order valence-electron chi connectivity index (χ2n) is 14.9. The first-order valence-electron chi connectivity index (χ1n) is 18.1. The molecule has 2 unspecified atom stereocenters. The van der Waals surface area contributed by atoms with Crippen molar-refractivity contribution < 1.29 is 53.1 Å². The molecule has 1 saturated heterocycles. The van der Waals surface area contributed by atoms with Crippen LogP contribution in [0.1, 0.15) is 85.3 Å². The van der Waals surface area contributed by atoms with Gasteiger partial charge in [-0.25, -0.2) is 0 Å². The van der Waals surface area contributed by atoms with E-state index in [0.29, 0.717) is 58.1 Å². The molecule has 2 bridgehead atoms. The molecule has 16 heteroatoms. The summed E-state index contributed by atoms with van der Waals surface area (Å²) in [7, 11) is 3.42. The number of hydrogen-bond donors (Lipinski definition) is 4. The van der Waals surface area contributed by atoms with Crippen molar-refractivity contribution in [3.05, 3.63) is 39.4 Å². The summed E-state index contributed by atoms with van der Waals surface area (Å²) in [5.41, 5.74) is 3.95. The minimum atomic E-state index is -1.09. The first-order chi connectivity index (χ1) is 25.6. The molecule has 8 atom stereocenters. The number of methoxy groups -OCH3 is 1. The van der Waals surface area contributed by atoms with Gasteiger partial charge < -0.3 is 44.5 Å². The van der Waals surface area contributed by atoms with Crippen LogP contribution < -0.4 is 29.6 Å². The Kier molecular flexibility index (Phi) is 11.3. The number of aromatic hydroxyl groups is 1. The van der Waals surface area contributed by atoms with Crippen LogP contribution in [0.15, 0.2) is 6.07 Å². The van der Waals surface area contributed by atoms with Gasteiger partial charge in [0.2, 0.25) is 18.6 Å². The van der Waals surface area contributed by atoms with Gasteiger partial charge in [0.05, 0.1) is 30.5 Å². The number of phenols is 1. The molecule has 0 spiro atoms. The lowest BCUT2D eigenvalue weighted by Gasteiger charge is -2.61. The Labute approximate surface area is 318 Å². The van der Waals surface area contributed by atoms with Crippen molar-refractivity contribution >= 4 is 36.0 Å². The molecule has 0 aliphatic carbocycles. The molecule has 2 amide bonds. The van der Waals surface area contributed by atoms with Crippen LogP contribution in [0.4, 0.5) is 0 Å². The number of esters is 1. The molecule has 6 rings (SSSR count). The lowest BCUT2D eigenvalue weighted by atomic mass is 9.73. The number of benzene rings is 2. The number of nitrogens with one attached hydrogen (secondary N) is 2. The fraction of sp³-hybridized carbons (Fsp3) is 0.579. The third-order valence-electron chi connectivity index (χ3n) is 10.9. The van der Waals surface area contributed by atoms with Crippen LogP contribution in [0, 0.1) is 19.8 Å². The summed E-state index contributed by atoms with van der Waals surface area (Å²) in [6, 6.07) is -1.57. The zero-order valence-corrected chi connectivity index (χ0v) is 32.9. The van der Waals surface area contributed by atoms with E-state index in [1.165, 1.54) is 32.7 Å². The van der Waals surface area contributed by atoms with Crippen molar-refractivity contribution in [1.82, 2.24) is 20.4 Å². The molecule has 294 valence electrons. The average Bonchev–Trinajstić information content (AvgIpc) is 3.59. The first kappa shape index (κ1) is 39.4. The smallest absolute Gasteiger partial charge is 0.308 e. The number of rotatable bonds is 12. The second-order valence-corrected chi connectivity index (χ2v) is 16.0. The van der Waals surface area contributed by atoms with E-state index in [1.807, 2.05) is 45.7 Å². The number of aliphatic hydroxyl groups excluding tert-OH is 1. The Morgan fingerprint density at radius 3 is 2.41 bits per heavy atom. The molecule has 0 radical (unpaired) electrons. The van der Waals surface area contributed by atoms with E-state index in [4.69, 9.17) is 23.7 Å². The minimum absolute atomic E-state index is 0.00483. The normalized spacial score (nSPS) is 25.1. The largest absolute Gasteiger partial charge is 0.504 e. The van der Waals surface area contributed by atoms with Gasteiger partial charge in [-0.15, -0.1) is 11.8 Å². The van der Waals surface area contributed by atoms with E-state index >= 15 is 0 Å². The van der Waals surface area contributed by atoms with Gasteiger partial charge in [0.15, 0.2) is 23.0 Å². The van der Waals surface area contributed by atoms with Crippen molar-refractivity contribution in [3.8, 4) is 28.7 Å². The van der Waals surface area contributed by atoms with E-state index in [-0.39, 0.29) is 42.6 Å². The number of hydrogen-bond acceptors (Lipinski definition) is 14. The Hall–Kier alpha value is -4.25. The van der Waals surface area contributed by atoms with E-state index in [9.17, 15) is 29.4 Å². The third-order valence-corrected chi connectivity index (χ3v) is 12.5. The van der Waals surface area contributed by atoms with Gasteiger partial charge in [0.1, 0.15) is 24.6 Å². The van der Waals surface area contributed by atoms with Crippen molar-refractivity contribution in [3.63, 3.8) is 0 Å². The number of phenolic OH excluding ortho intramolecular Hbond substituents is 1. The molecule has 2 aromatic carbocycles. The van der Waals surface area contributed by atoms with Gasteiger partial charge in [-0.1, -0.05) is 19.9 Å². The van der Waals surface area contributed by atoms with E-state index in [2.05, 4.69) is 15.5 Å². The highest BCUT2D eigenvalue weighted by Crippen LogP contribution is 2.63. The van der Waals surface area contributed by atoms with Gasteiger partial charge in [0.25, 0.3) is 6.47 Å². The zero-order valence-electron chi connectivity index (χ0n) is 32.1. The number of aliphatic hydroxyl groups is 1. The molecule has 15 nitrogen and oxygen atoms in total. The molecular weight excluding hydrogens is 721 g/mol. The van der Waals surface area contributed by atoms with Crippen LogP contribution in [0.25, 0.3) is 0 Å². The standard InChI is InChI=1S/C38H50N4O11S/c1-16(2)28(40-20(6)44)37(47)39-18(4)13-54-36-27-26(35-34(51-15-52-35)19(5)33(27)53-21(7)45)24(12-50-14-43)42-30(36)29-25-22(11-23(38(42)48)41(29)8)10-17(3)32(49-9)31(25)46/h10,14,16,18,23-24,28-30,36,38,46,48H,11-13,15H2,1-9H3,(H,39,47)(H,40,44)/t18-,23+,24+,28?,29+,30?,36-,38+/m1/s1. The van der Waals surface area contributed by atoms with Crippen LogP contribution in [0.2, 0.25) is 0 Å². The van der Waals surface area contributed by atoms with Crippen molar-refractivity contribution in [2.24, 2.45) is 5.92 Å². The summed E-state index contributed by atoms with van der Waals surface area (Å²) in [4.78, 5) is 54.0. The monoisotopic (exact) mass is 770 g/mol. The first-order valence-corrected chi connectivity index (χ1v) is 19.1. The molecule has 2 aromatic rings. The average molecular weight is 771 g/mol. The molecule has 4 aliphatic rings. The van der Waals surface area contributed by atoms with Gasteiger partial charge in [-0.2, -0.15) is 0 Å². The summed E-state index contributed by atoms with van der Waals surface area (Å²) < 4.78 is 29.2. The highest BCUT2D eigenvalue weighted by atomic mass is 32.2. The number of carbonyl (C=O) groups excluding carboxylic acids is 4. The maximum absolute atomic E-state index is 13.4. The predicted molar refractivity (Wildman–Crippen MR) is 198 cm³/mol. The molecular formula is C38H50N4O11S. The van der Waals surface area contributed by atoms with Gasteiger partial charge in [-0.05, 0) is 51.3 Å². The maximum Gasteiger partial charge on any atom is 0.308 e.